The Labute approximate surface area is 116 Å². The van der Waals surface area contributed by atoms with Crippen LogP contribution in [0.3, 0.4) is 0 Å². The Morgan fingerprint density at radius 1 is 1.25 bits per heavy atom. The molecule has 1 heterocycles. The van der Waals surface area contributed by atoms with Crippen LogP contribution in [0.2, 0.25) is 0 Å². The van der Waals surface area contributed by atoms with Crippen molar-refractivity contribution in [1.82, 2.24) is 0 Å². The lowest BCUT2D eigenvalue weighted by Gasteiger charge is -2.51. The van der Waals surface area contributed by atoms with E-state index in [2.05, 4.69) is 13.8 Å². The van der Waals surface area contributed by atoms with Crippen molar-refractivity contribution in [3.05, 3.63) is 29.3 Å². The second-order valence-electron chi connectivity index (χ2n) is 5.40. The maximum Gasteiger partial charge on any atom is 0.416 e. The highest BCUT2D eigenvalue weighted by molar-refractivity contribution is 5.62. The fraction of sp³-hybridized carbons (Fsp3) is 0.533. The van der Waals surface area contributed by atoms with E-state index in [0.717, 1.165) is 38.1 Å². The molecule has 1 fully saturated rings. The van der Waals surface area contributed by atoms with E-state index in [-0.39, 0.29) is 11.0 Å². The molecule has 0 amide bonds. The van der Waals surface area contributed by atoms with Gasteiger partial charge in [-0.3, -0.25) is 0 Å². The molecule has 0 N–H and O–H groups in total. The van der Waals surface area contributed by atoms with Gasteiger partial charge in [0.25, 0.3) is 0 Å². The molecule has 108 valence electrons. The van der Waals surface area contributed by atoms with Gasteiger partial charge in [0.05, 0.1) is 16.8 Å². The van der Waals surface area contributed by atoms with Crippen molar-refractivity contribution in [1.29, 1.82) is 5.26 Å². The Hall–Kier alpha value is -1.70. The number of hydrogen-bond acceptors (Lipinski definition) is 2. The maximum atomic E-state index is 12.6. The molecule has 1 aliphatic rings. The van der Waals surface area contributed by atoms with Gasteiger partial charge in [0.2, 0.25) is 0 Å². The molecular formula is C15H17F3N2. The van der Waals surface area contributed by atoms with Gasteiger partial charge >= 0.3 is 6.18 Å². The van der Waals surface area contributed by atoms with Gasteiger partial charge in [0, 0.05) is 18.5 Å². The zero-order chi connectivity index (χ0) is 15.0. The van der Waals surface area contributed by atoms with Crippen LogP contribution in [0.5, 0.6) is 0 Å². The maximum absolute atomic E-state index is 12.6. The van der Waals surface area contributed by atoms with Crippen LogP contribution in [0, 0.1) is 16.7 Å². The summed E-state index contributed by atoms with van der Waals surface area (Å²) in [6.45, 7) is 5.86. The third-order valence-electron chi connectivity index (χ3n) is 4.34. The first-order valence-electron chi connectivity index (χ1n) is 6.71. The predicted octanol–water partition coefficient (Wildman–Crippen LogP) is 4.20. The molecule has 0 unspecified atom stereocenters. The zero-order valence-electron chi connectivity index (χ0n) is 11.6. The molecule has 1 saturated heterocycles. The van der Waals surface area contributed by atoms with Gasteiger partial charge in [-0.15, -0.1) is 0 Å². The van der Waals surface area contributed by atoms with Crippen molar-refractivity contribution in [3.8, 4) is 6.07 Å². The molecule has 0 bridgehead atoms. The van der Waals surface area contributed by atoms with Gasteiger partial charge in [-0.05, 0) is 31.0 Å². The number of benzene rings is 1. The lowest BCUT2D eigenvalue weighted by molar-refractivity contribution is -0.137. The van der Waals surface area contributed by atoms with E-state index in [9.17, 15) is 13.2 Å². The van der Waals surface area contributed by atoms with Gasteiger partial charge in [0.15, 0.2) is 0 Å². The molecule has 20 heavy (non-hydrogen) atoms. The number of hydrogen-bond donors (Lipinski definition) is 0. The van der Waals surface area contributed by atoms with E-state index in [0.29, 0.717) is 5.69 Å². The first-order valence-corrected chi connectivity index (χ1v) is 6.71. The molecule has 0 radical (unpaired) electrons. The van der Waals surface area contributed by atoms with Crippen molar-refractivity contribution in [3.63, 3.8) is 0 Å². The van der Waals surface area contributed by atoms with Gasteiger partial charge in [0.1, 0.15) is 6.07 Å². The van der Waals surface area contributed by atoms with Gasteiger partial charge < -0.3 is 4.90 Å². The fourth-order valence-electron chi connectivity index (χ4n) is 2.71. The van der Waals surface area contributed by atoms with Crippen LogP contribution in [-0.4, -0.2) is 13.1 Å². The molecule has 1 aromatic rings. The number of nitrogens with zero attached hydrogens (tertiary/aromatic N) is 2. The van der Waals surface area contributed by atoms with E-state index >= 15 is 0 Å². The minimum absolute atomic E-state index is 0.0978. The lowest BCUT2D eigenvalue weighted by atomic mass is 9.74. The first kappa shape index (κ1) is 14.7. The highest BCUT2D eigenvalue weighted by atomic mass is 19.4. The highest BCUT2D eigenvalue weighted by Gasteiger charge is 2.41. The minimum Gasteiger partial charge on any atom is -0.369 e. The summed E-state index contributed by atoms with van der Waals surface area (Å²) in [5, 5.41) is 9.08. The average Bonchev–Trinajstić information content (AvgIpc) is 2.37. The van der Waals surface area contributed by atoms with Crippen molar-refractivity contribution >= 4 is 5.69 Å². The molecule has 5 heteroatoms. The van der Waals surface area contributed by atoms with Gasteiger partial charge in [-0.1, -0.05) is 13.8 Å². The number of alkyl halides is 3. The summed E-state index contributed by atoms with van der Waals surface area (Å²) in [5.41, 5.74) is 0.185. The summed E-state index contributed by atoms with van der Waals surface area (Å²) in [6, 6.07) is 5.28. The second kappa shape index (κ2) is 5.01. The van der Waals surface area contributed by atoms with Crippen molar-refractivity contribution in [2.45, 2.75) is 32.9 Å². The second-order valence-corrected chi connectivity index (χ2v) is 5.40. The van der Waals surface area contributed by atoms with Crippen LogP contribution < -0.4 is 4.90 Å². The van der Waals surface area contributed by atoms with Crippen LogP contribution in [0.1, 0.15) is 37.8 Å². The molecule has 0 spiro atoms. The smallest absolute Gasteiger partial charge is 0.369 e. The normalized spacial score (nSPS) is 17.5. The summed E-state index contributed by atoms with van der Waals surface area (Å²) < 4.78 is 37.9. The molecule has 1 aromatic carbocycles. The van der Waals surface area contributed by atoms with Crippen molar-refractivity contribution in [2.75, 3.05) is 18.0 Å². The molecule has 2 rings (SSSR count). The Morgan fingerprint density at radius 2 is 1.85 bits per heavy atom. The summed E-state index contributed by atoms with van der Waals surface area (Å²) in [6.07, 6.45) is -2.32. The van der Waals surface area contributed by atoms with Crippen LogP contribution in [-0.2, 0) is 6.18 Å². The highest BCUT2D eigenvalue weighted by Crippen LogP contribution is 2.41. The third-order valence-corrected chi connectivity index (χ3v) is 4.34. The molecule has 0 aliphatic carbocycles. The van der Waals surface area contributed by atoms with E-state index in [1.807, 2.05) is 11.0 Å². The van der Waals surface area contributed by atoms with E-state index in [1.54, 1.807) is 0 Å². The lowest BCUT2D eigenvalue weighted by Crippen LogP contribution is -2.56. The van der Waals surface area contributed by atoms with Gasteiger partial charge in [-0.25, -0.2) is 0 Å². The average molecular weight is 282 g/mol. The Bertz CT molecular complexity index is 531. The third kappa shape index (κ3) is 2.47. The first-order chi connectivity index (χ1) is 9.35. The summed E-state index contributed by atoms with van der Waals surface area (Å²) in [4.78, 5) is 1.99. The predicted molar refractivity (Wildman–Crippen MR) is 71.4 cm³/mol. The minimum atomic E-state index is -4.41. The number of rotatable bonds is 3. The fourth-order valence-corrected chi connectivity index (χ4v) is 2.71. The summed E-state index contributed by atoms with van der Waals surface area (Å²) in [7, 11) is 0. The van der Waals surface area contributed by atoms with Crippen molar-refractivity contribution < 1.29 is 13.2 Å². The van der Waals surface area contributed by atoms with E-state index in [1.165, 1.54) is 6.07 Å². The molecule has 0 saturated carbocycles. The number of halogens is 3. The molecule has 0 aromatic heterocycles. The van der Waals surface area contributed by atoms with Crippen LogP contribution in [0.4, 0.5) is 18.9 Å². The number of anilines is 1. The Balaban J connectivity index is 2.25. The molecule has 2 nitrogen and oxygen atoms in total. The largest absolute Gasteiger partial charge is 0.416 e. The quantitative estimate of drug-likeness (QED) is 0.830. The van der Waals surface area contributed by atoms with Crippen LogP contribution in [0.15, 0.2) is 18.2 Å². The monoisotopic (exact) mass is 282 g/mol. The topological polar surface area (TPSA) is 27.0 Å². The van der Waals surface area contributed by atoms with Crippen LogP contribution >= 0.6 is 0 Å². The molecule has 0 atom stereocenters. The Morgan fingerprint density at radius 3 is 2.30 bits per heavy atom. The summed E-state index contributed by atoms with van der Waals surface area (Å²) >= 11 is 0. The Kier molecular flexibility index (Phi) is 3.68. The van der Waals surface area contributed by atoms with Gasteiger partial charge in [-0.2, -0.15) is 18.4 Å². The standard InChI is InChI=1S/C15H17F3N2/c1-3-14(4-2)9-20(10-14)13-6-5-12(15(16,17)18)7-11(13)8-19/h5-7H,3-4,9-10H2,1-2H3. The van der Waals surface area contributed by atoms with E-state index < -0.39 is 11.7 Å². The molecule has 1 aliphatic heterocycles. The number of nitriles is 1. The zero-order valence-corrected chi connectivity index (χ0v) is 11.6. The summed E-state index contributed by atoms with van der Waals surface area (Å²) in [5.74, 6) is 0. The SMILES string of the molecule is CCC1(CC)CN(c2ccc(C(F)(F)F)cc2C#N)C1. The van der Waals surface area contributed by atoms with E-state index in [4.69, 9.17) is 5.26 Å². The molecular weight excluding hydrogens is 265 g/mol. The van der Waals surface area contributed by atoms with Crippen LogP contribution in [0.25, 0.3) is 0 Å². The van der Waals surface area contributed by atoms with Crippen molar-refractivity contribution in [2.24, 2.45) is 5.41 Å².